The average Bonchev–Trinajstić information content (AvgIpc) is 2.79. The average molecular weight is 342 g/mol. The molecule has 0 unspecified atom stereocenters. The molecule has 0 aliphatic carbocycles. The van der Waals surface area contributed by atoms with Gasteiger partial charge in [-0.05, 0) is 12.1 Å². The monoisotopic (exact) mass is 340 g/mol. The molecule has 21 heavy (non-hydrogen) atoms. The summed E-state index contributed by atoms with van der Waals surface area (Å²) in [6.45, 7) is 0. The molecule has 2 aromatic carbocycles. The highest BCUT2D eigenvalue weighted by Crippen LogP contribution is 2.35. The first-order chi connectivity index (χ1) is 10.1. The predicted molar refractivity (Wildman–Crippen MR) is 81.9 cm³/mol. The topological polar surface area (TPSA) is 35.5 Å². The van der Waals surface area contributed by atoms with Gasteiger partial charge in [-0.3, -0.25) is 0 Å². The molecule has 2 aromatic rings. The maximum absolute atomic E-state index is 11.7. The number of rotatable bonds is 2. The zero-order valence-corrected chi connectivity index (χ0v) is 12.7. The summed E-state index contributed by atoms with van der Waals surface area (Å²) < 4.78 is 10.6. The van der Waals surface area contributed by atoms with Crippen molar-refractivity contribution in [3.05, 3.63) is 68.9 Å². The molecule has 0 bridgehead atoms. The van der Waals surface area contributed by atoms with Gasteiger partial charge in [0.05, 0.1) is 20.6 Å². The molecule has 0 fully saturated rings. The van der Waals surface area contributed by atoms with E-state index in [1.165, 1.54) is 18.4 Å². The third-order valence-electron chi connectivity index (χ3n) is 2.88. The van der Waals surface area contributed by atoms with Crippen LogP contribution < -0.4 is 4.74 Å². The van der Waals surface area contributed by atoms with E-state index in [1.807, 2.05) is 0 Å². The van der Waals surface area contributed by atoms with Crippen LogP contribution in [0.25, 0.3) is 5.76 Å². The second-order valence-electron chi connectivity index (χ2n) is 4.23. The molecule has 0 aromatic heterocycles. The van der Waals surface area contributed by atoms with E-state index in [4.69, 9.17) is 44.3 Å². The number of hydrogen-bond acceptors (Lipinski definition) is 3. The van der Waals surface area contributed by atoms with Crippen LogP contribution in [0.4, 0.5) is 0 Å². The number of carbonyl (C=O) groups is 1. The lowest BCUT2D eigenvalue weighted by Gasteiger charge is -2.06. The van der Waals surface area contributed by atoms with Gasteiger partial charge in [-0.15, -0.1) is 0 Å². The number of fused-ring (bicyclic) bond motifs is 1. The lowest BCUT2D eigenvalue weighted by molar-refractivity contribution is 0.0712. The molecule has 0 spiro atoms. The van der Waals surface area contributed by atoms with Gasteiger partial charge in [-0.1, -0.05) is 53.0 Å². The number of carbonyl (C=O) groups excluding carboxylic acids is 1. The van der Waals surface area contributed by atoms with E-state index in [-0.39, 0.29) is 0 Å². The predicted octanol–water partition coefficient (Wildman–Crippen LogP) is 5.19. The molecule has 0 saturated heterocycles. The zero-order valence-electron chi connectivity index (χ0n) is 10.4. The van der Waals surface area contributed by atoms with Crippen LogP contribution in [0.3, 0.4) is 0 Å². The van der Waals surface area contributed by atoms with E-state index in [9.17, 15) is 4.79 Å². The van der Waals surface area contributed by atoms with Gasteiger partial charge in [0.25, 0.3) is 0 Å². The molecule has 1 aliphatic rings. The van der Waals surface area contributed by atoms with Crippen LogP contribution in [0.5, 0.6) is 5.75 Å². The summed E-state index contributed by atoms with van der Waals surface area (Å²) in [5, 5.41) is 0.955. The van der Waals surface area contributed by atoms with E-state index in [0.29, 0.717) is 37.7 Å². The van der Waals surface area contributed by atoms with Crippen molar-refractivity contribution in [2.75, 3.05) is 0 Å². The molecule has 3 rings (SSSR count). The summed E-state index contributed by atoms with van der Waals surface area (Å²) in [5.41, 5.74) is 1.16. The molecule has 0 radical (unpaired) electrons. The van der Waals surface area contributed by atoms with Crippen LogP contribution in [0, 0.1) is 0 Å². The molecular weight excluding hydrogens is 335 g/mol. The Labute approximate surface area is 135 Å². The minimum absolute atomic E-state index is 0.304. The fourth-order valence-corrected chi connectivity index (χ4v) is 2.47. The fraction of sp³-hybridized carbons (Fsp3) is 0. The number of halogens is 3. The first-order valence-electron chi connectivity index (χ1n) is 5.89. The second kappa shape index (κ2) is 5.60. The Kier molecular flexibility index (Phi) is 3.81. The highest BCUT2D eigenvalue weighted by molar-refractivity contribution is 6.43. The van der Waals surface area contributed by atoms with Crippen molar-refractivity contribution in [2.45, 2.75) is 0 Å². The highest BCUT2D eigenvalue weighted by Gasteiger charge is 2.26. The summed E-state index contributed by atoms with van der Waals surface area (Å²) in [7, 11) is 0. The smallest absolute Gasteiger partial charge is 0.344 e. The normalized spacial score (nSPS) is 15.0. The van der Waals surface area contributed by atoms with Gasteiger partial charge in [0.1, 0.15) is 12.0 Å². The molecule has 0 atom stereocenters. The first-order valence-corrected chi connectivity index (χ1v) is 7.02. The Bertz CT molecular complexity index is 769. The lowest BCUT2D eigenvalue weighted by Crippen LogP contribution is -1.93. The van der Waals surface area contributed by atoms with Crippen LogP contribution in [0.1, 0.15) is 15.9 Å². The van der Waals surface area contributed by atoms with Gasteiger partial charge in [0.15, 0.2) is 5.76 Å². The number of esters is 1. The quantitative estimate of drug-likeness (QED) is 0.428. The van der Waals surface area contributed by atoms with Crippen molar-refractivity contribution in [3.8, 4) is 5.75 Å². The highest BCUT2D eigenvalue weighted by atomic mass is 35.5. The molecule has 0 amide bonds. The largest absolute Gasteiger partial charge is 0.459 e. The molecule has 0 N–H and O–H groups in total. The van der Waals surface area contributed by atoms with E-state index in [1.54, 1.807) is 24.3 Å². The standard InChI is InChI=1S/C15H7Cl3O3/c16-10-5-12(18)13(6-11(10)17)20-7-14-8-3-1-2-4-9(8)15(19)21-14/h1-7H/b14-7-. The summed E-state index contributed by atoms with van der Waals surface area (Å²) in [4.78, 5) is 11.7. The van der Waals surface area contributed by atoms with Crippen LogP contribution in [-0.4, -0.2) is 5.97 Å². The maximum atomic E-state index is 11.7. The summed E-state index contributed by atoms with van der Waals surface area (Å²) in [6, 6.07) is 10.00. The van der Waals surface area contributed by atoms with Gasteiger partial charge in [0.2, 0.25) is 0 Å². The Morgan fingerprint density at radius 3 is 2.38 bits per heavy atom. The molecule has 106 valence electrons. The van der Waals surface area contributed by atoms with E-state index in [0.717, 1.165) is 0 Å². The van der Waals surface area contributed by atoms with E-state index in [2.05, 4.69) is 0 Å². The molecular formula is C15H7Cl3O3. The molecule has 6 heteroatoms. The molecule has 1 aliphatic heterocycles. The van der Waals surface area contributed by atoms with Gasteiger partial charge in [0, 0.05) is 11.6 Å². The van der Waals surface area contributed by atoms with Gasteiger partial charge in [-0.2, -0.15) is 0 Å². The molecule has 0 saturated carbocycles. The third kappa shape index (κ3) is 2.72. The van der Waals surface area contributed by atoms with Gasteiger partial charge >= 0.3 is 5.97 Å². The maximum Gasteiger partial charge on any atom is 0.344 e. The van der Waals surface area contributed by atoms with Crippen LogP contribution in [0.2, 0.25) is 15.1 Å². The van der Waals surface area contributed by atoms with Gasteiger partial charge in [-0.25, -0.2) is 4.79 Å². The van der Waals surface area contributed by atoms with Gasteiger partial charge < -0.3 is 9.47 Å². The Morgan fingerprint density at radius 2 is 1.62 bits per heavy atom. The first kappa shape index (κ1) is 14.3. The summed E-state index contributed by atoms with van der Waals surface area (Å²) in [5.74, 6) is 0.220. The molecule has 1 heterocycles. The fourth-order valence-electron chi connectivity index (χ4n) is 1.88. The van der Waals surface area contributed by atoms with Crippen LogP contribution in [0.15, 0.2) is 42.7 Å². The second-order valence-corrected chi connectivity index (χ2v) is 5.45. The number of cyclic esters (lactones) is 1. The Morgan fingerprint density at radius 1 is 0.952 bits per heavy atom. The molecule has 3 nitrogen and oxygen atoms in total. The van der Waals surface area contributed by atoms with Crippen molar-refractivity contribution in [1.82, 2.24) is 0 Å². The minimum Gasteiger partial charge on any atom is -0.459 e. The van der Waals surface area contributed by atoms with Crippen molar-refractivity contribution in [2.24, 2.45) is 0 Å². The Balaban J connectivity index is 1.92. The van der Waals surface area contributed by atoms with Crippen LogP contribution >= 0.6 is 34.8 Å². The SMILES string of the molecule is O=C1O/C(=C\Oc2cc(Cl)c(Cl)cc2Cl)c2ccccc21. The van der Waals surface area contributed by atoms with E-state index >= 15 is 0 Å². The summed E-state index contributed by atoms with van der Waals surface area (Å²) in [6.07, 6.45) is 1.31. The van der Waals surface area contributed by atoms with Crippen molar-refractivity contribution in [3.63, 3.8) is 0 Å². The number of hydrogen-bond donors (Lipinski definition) is 0. The lowest BCUT2D eigenvalue weighted by atomic mass is 10.1. The van der Waals surface area contributed by atoms with Crippen molar-refractivity contribution >= 4 is 46.5 Å². The summed E-state index contributed by atoms with van der Waals surface area (Å²) >= 11 is 17.8. The van der Waals surface area contributed by atoms with Crippen molar-refractivity contribution in [1.29, 1.82) is 0 Å². The number of benzene rings is 2. The minimum atomic E-state index is -0.416. The Hall–Kier alpha value is -1.68. The van der Waals surface area contributed by atoms with Crippen molar-refractivity contribution < 1.29 is 14.3 Å². The van der Waals surface area contributed by atoms with Crippen LogP contribution in [-0.2, 0) is 4.74 Å². The van der Waals surface area contributed by atoms with E-state index < -0.39 is 5.97 Å². The third-order valence-corrected chi connectivity index (χ3v) is 3.90. The number of ether oxygens (including phenoxy) is 2. The zero-order chi connectivity index (χ0) is 15.0.